The van der Waals surface area contributed by atoms with Crippen LogP contribution in [0.25, 0.3) is 0 Å². The number of carbonyl (C=O) groups excluding carboxylic acids is 2. The quantitative estimate of drug-likeness (QED) is 0.504. The molecule has 2 atom stereocenters. The predicted molar refractivity (Wildman–Crippen MR) is 114 cm³/mol. The molecule has 0 spiro atoms. The molecule has 4 rings (SSSR count). The van der Waals surface area contributed by atoms with Gasteiger partial charge in [-0.05, 0) is 57.6 Å². The molecule has 31 heavy (non-hydrogen) atoms. The zero-order chi connectivity index (χ0) is 22.5. The van der Waals surface area contributed by atoms with Crippen LogP contribution in [-0.4, -0.2) is 58.2 Å². The van der Waals surface area contributed by atoms with Crippen molar-refractivity contribution in [2.45, 2.75) is 34.1 Å². The summed E-state index contributed by atoms with van der Waals surface area (Å²) in [6, 6.07) is 0. The molecular formula is C21H26ClN5O4. The number of nitrogens with zero attached hydrogens (tertiary/aromatic N) is 5. The van der Waals surface area contributed by atoms with E-state index in [9.17, 15) is 9.59 Å². The van der Waals surface area contributed by atoms with E-state index >= 15 is 0 Å². The number of carbonyl (C=O) groups is 2. The average Bonchev–Trinajstić information content (AvgIpc) is 3.33. The molecule has 0 radical (unpaired) electrons. The highest BCUT2D eigenvalue weighted by Crippen LogP contribution is 2.45. The van der Waals surface area contributed by atoms with Crippen LogP contribution in [0.3, 0.4) is 0 Å². The second-order valence-corrected chi connectivity index (χ2v) is 7.75. The lowest BCUT2D eigenvalue weighted by Gasteiger charge is -2.18. The van der Waals surface area contributed by atoms with Gasteiger partial charge in [-0.2, -0.15) is 0 Å². The molecule has 2 fully saturated rings. The lowest BCUT2D eigenvalue weighted by Crippen LogP contribution is -2.25. The van der Waals surface area contributed by atoms with Crippen LogP contribution in [0, 0.1) is 25.7 Å². The summed E-state index contributed by atoms with van der Waals surface area (Å²) in [6.07, 6.45) is 4.30. The minimum absolute atomic E-state index is 0.130. The smallest absolute Gasteiger partial charge is 0.341 e. The third kappa shape index (κ3) is 5.66. The maximum absolute atomic E-state index is 11.6. The molecule has 0 amide bonds. The summed E-state index contributed by atoms with van der Waals surface area (Å²) in [5.41, 5.74) is 2.04. The van der Waals surface area contributed by atoms with Crippen molar-refractivity contribution in [1.82, 2.24) is 19.9 Å². The highest BCUT2D eigenvalue weighted by atomic mass is 35.5. The van der Waals surface area contributed by atoms with Crippen LogP contribution < -0.4 is 4.90 Å². The van der Waals surface area contributed by atoms with E-state index in [0.29, 0.717) is 35.7 Å². The molecule has 1 aliphatic heterocycles. The molecule has 1 saturated carbocycles. The van der Waals surface area contributed by atoms with E-state index in [2.05, 4.69) is 24.8 Å². The standard InChI is InChI=1S/C13H17N3O2.C8H9ClN2O2/c1-3-18-12(17)11-5-14-13(15-8(11)2)16-6-9-4-10(9)7-16;1-3-13-7(12)6-4-10-8(9)11-5(6)2/h5,9-10H,3-4,6-7H2,1-2H3;4H,3H2,1-2H3. The fourth-order valence-electron chi connectivity index (χ4n) is 3.43. The number of piperidine rings is 1. The van der Waals surface area contributed by atoms with E-state index in [0.717, 1.165) is 30.9 Å². The molecular weight excluding hydrogens is 422 g/mol. The topological polar surface area (TPSA) is 107 Å². The summed E-state index contributed by atoms with van der Waals surface area (Å²) >= 11 is 5.52. The van der Waals surface area contributed by atoms with E-state index in [1.807, 2.05) is 6.92 Å². The normalized spacial score (nSPS) is 18.5. The first kappa shape index (κ1) is 22.9. The molecule has 3 heterocycles. The molecule has 2 aromatic rings. The third-order valence-electron chi connectivity index (χ3n) is 5.17. The molecule has 2 aliphatic rings. The minimum Gasteiger partial charge on any atom is -0.462 e. The highest BCUT2D eigenvalue weighted by Gasteiger charge is 2.45. The van der Waals surface area contributed by atoms with E-state index in [1.165, 1.54) is 12.6 Å². The first-order valence-electron chi connectivity index (χ1n) is 10.3. The molecule has 0 aromatic carbocycles. The van der Waals surface area contributed by atoms with Gasteiger partial charge in [0.05, 0.1) is 35.7 Å². The molecule has 0 N–H and O–H groups in total. The second kappa shape index (κ2) is 10.00. The Bertz CT molecular complexity index is 961. The molecule has 9 nitrogen and oxygen atoms in total. The van der Waals surface area contributed by atoms with Gasteiger partial charge in [0, 0.05) is 25.5 Å². The Morgan fingerprint density at radius 3 is 1.97 bits per heavy atom. The Morgan fingerprint density at radius 1 is 0.968 bits per heavy atom. The molecule has 2 unspecified atom stereocenters. The lowest BCUT2D eigenvalue weighted by molar-refractivity contribution is 0.0514. The maximum atomic E-state index is 11.6. The van der Waals surface area contributed by atoms with Gasteiger partial charge in [-0.15, -0.1) is 0 Å². The van der Waals surface area contributed by atoms with E-state index < -0.39 is 5.97 Å². The highest BCUT2D eigenvalue weighted by molar-refractivity contribution is 6.28. The Labute approximate surface area is 186 Å². The number of ether oxygens (including phenoxy) is 2. The molecule has 166 valence electrons. The Kier molecular flexibility index (Phi) is 7.37. The third-order valence-corrected chi connectivity index (χ3v) is 5.35. The van der Waals surface area contributed by atoms with Gasteiger partial charge in [0.2, 0.25) is 11.2 Å². The molecule has 2 aromatic heterocycles. The molecule has 0 bridgehead atoms. The number of hydrogen-bond acceptors (Lipinski definition) is 9. The van der Waals surface area contributed by atoms with Crippen molar-refractivity contribution in [3.63, 3.8) is 0 Å². The van der Waals surface area contributed by atoms with Crippen molar-refractivity contribution in [2.24, 2.45) is 11.8 Å². The van der Waals surface area contributed by atoms with Crippen molar-refractivity contribution in [3.05, 3.63) is 40.2 Å². The number of esters is 2. The monoisotopic (exact) mass is 447 g/mol. The van der Waals surface area contributed by atoms with Crippen molar-refractivity contribution in [3.8, 4) is 0 Å². The fraction of sp³-hybridized carbons (Fsp3) is 0.524. The van der Waals surface area contributed by atoms with Crippen molar-refractivity contribution in [2.75, 3.05) is 31.2 Å². The zero-order valence-corrected chi connectivity index (χ0v) is 18.8. The minimum atomic E-state index is -0.420. The van der Waals surface area contributed by atoms with Crippen LogP contribution in [0.2, 0.25) is 5.28 Å². The zero-order valence-electron chi connectivity index (χ0n) is 18.1. The van der Waals surface area contributed by atoms with Gasteiger partial charge in [0.15, 0.2) is 0 Å². The molecule has 10 heteroatoms. The van der Waals surface area contributed by atoms with Crippen molar-refractivity contribution >= 4 is 29.5 Å². The predicted octanol–water partition coefficient (Wildman–Crippen LogP) is 3.03. The van der Waals surface area contributed by atoms with Crippen LogP contribution in [0.1, 0.15) is 52.4 Å². The number of halogens is 1. The van der Waals surface area contributed by atoms with Crippen LogP contribution in [0.15, 0.2) is 12.4 Å². The SMILES string of the molecule is CCOC(=O)c1cnc(Cl)nc1C.CCOC(=O)c1cnc(N2CC3CC3C2)nc1C. The van der Waals surface area contributed by atoms with E-state index in [4.69, 9.17) is 21.1 Å². The van der Waals surface area contributed by atoms with Gasteiger partial charge in [-0.1, -0.05) is 0 Å². The van der Waals surface area contributed by atoms with Gasteiger partial charge >= 0.3 is 11.9 Å². The second-order valence-electron chi connectivity index (χ2n) is 7.41. The summed E-state index contributed by atoms with van der Waals surface area (Å²) in [5.74, 6) is 1.67. The van der Waals surface area contributed by atoms with Crippen LogP contribution >= 0.6 is 11.6 Å². The Morgan fingerprint density at radius 2 is 1.48 bits per heavy atom. The van der Waals surface area contributed by atoms with Crippen molar-refractivity contribution in [1.29, 1.82) is 0 Å². The summed E-state index contributed by atoms with van der Waals surface area (Å²) < 4.78 is 9.75. The lowest BCUT2D eigenvalue weighted by atomic mass is 10.2. The fourth-order valence-corrected chi connectivity index (χ4v) is 3.60. The average molecular weight is 448 g/mol. The van der Waals surface area contributed by atoms with Gasteiger partial charge in [-0.3, -0.25) is 0 Å². The van der Waals surface area contributed by atoms with Crippen LogP contribution in [-0.2, 0) is 9.47 Å². The number of rotatable bonds is 5. The largest absolute Gasteiger partial charge is 0.462 e. The number of aryl methyl sites for hydroxylation is 2. The number of fused-ring (bicyclic) bond motifs is 1. The molecule has 1 aliphatic carbocycles. The van der Waals surface area contributed by atoms with Gasteiger partial charge < -0.3 is 14.4 Å². The summed E-state index contributed by atoms with van der Waals surface area (Å²) in [7, 11) is 0. The molecule has 1 saturated heterocycles. The number of hydrogen-bond donors (Lipinski definition) is 0. The van der Waals surface area contributed by atoms with Crippen molar-refractivity contribution < 1.29 is 19.1 Å². The summed E-state index contributed by atoms with van der Waals surface area (Å²) in [6.45, 7) is 9.86. The first-order chi connectivity index (χ1) is 14.8. The Balaban J connectivity index is 0.000000187. The van der Waals surface area contributed by atoms with Crippen LogP contribution in [0.4, 0.5) is 5.95 Å². The van der Waals surface area contributed by atoms with Crippen LogP contribution in [0.5, 0.6) is 0 Å². The maximum Gasteiger partial charge on any atom is 0.341 e. The van der Waals surface area contributed by atoms with Gasteiger partial charge in [0.25, 0.3) is 0 Å². The first-order valence-corrected chi connectivity index (χ1v) is 10.6. The number of anilines is 1. The Hall–Kier alpha value is -2.81. The van der Waals surface area contributed by atoms with Gasteiger partial charge in [0.1, 0.15) is 0 Å². The van der Waals surface area contributed by atoms with E-state index in [1.54, 1.807) is 27.0 Å². The van der Waals surface area contributed by atoms with E-state index in [-0.39, 0.29) is 11.3 Å². The number of aromatic nitrogens is 4. The van der Waals surface area contributed by atoms with Gasteiger partial charge in [-0.25, -0.2) is 29.5 Å². The summed E-state index contributed by atoms with van der Waals surface area (Å²) in [4.78, 5) is 41.3. The summed E-state index contributed by atoms with van der Waals surface area (Å²) in [5, 5.41) is 0.130.